The fraction of sp³-hybridized carbons (Fsp3) is 0.917. The second-order valence-corrected chi connectivity index (χ2v) is 7.65. The topological polar surface area (TPSA) is 30.0 Å². The van der Waals surface area contributed by atoms with Crippen LogP contribution in [0.15, 0.2) is 0 Å². The lowest BCUT2D eigenvalue weighted by atomic mass is 10.4. The molecular weight excluding hydrogens is 280 g/mol. The summed E-state index contributed by atoms with van der Waals surface area (Å²) in [4.78, 5) is 12.4. The zero-order valence-electron chi connectivity index (χ0n) is 11.5. The average molecular weight is 302 g/mol. The molecule has 3 fully saturated rings. The Morgan fingerprint density at radius 3 is 2.05 bits per heavy atom. The first-order valence-electron chi connectivity index (χ1n) is 7.21. The Kier molecular flexibility index (Phi) is 4.46. The van der Waals surface area contributed by atoms with Gasteiger partial charge < -0.3 is 0 Å². The summed E-state index contributed by atoms with van der Waals surface area (Å²) in [6.45, 7) is 7.43. The predicted octanol–water partition coefficient (Wildman–Crippen LogP) is 2.43. The third-order valence-corrected chi connectivity index (χ3v) is 6.17. The molecule has 108 valence electrons. The largest absolute Gasteiger partial charge is 0.342 e. The molecule has 2 amide bonds. The number of carbonyl (C=O) groups is 1. The SMILES string of the molecule is CC1CN(SN2CCCC2)C(=O)N1SN1CCCC1. The van der Waals surface area contributed by atoms with Crippen molar-refractivity contribution in [3.63, 3.8) is 0 Å². The van der Waals surface area contributed by atoms with Crippen molar-refractivity contribution in [1.82, 2.24) is 17.2 Å². The first kappa shape index (κ1) is 13.9. The first-order valence-corrected chi connectivity index (χ1v) is 8.67. The van der Waals surface area contributed by atoms with Gasteiger partial charge in [-0.3, -0.25) is 4.31 Å². The standard InChI is InChI=1S/C12H22N4OS2/c1-11-10-15(18-13-6-2-3-7-13)12(17)16(11)19-14-8-4-5-9-14/h11H,2-10H2,1H3. The molecule has 0 spiro atoms. The van der Waals surface area contributed by atoms with E-state index in [9.17, 15) is 4.79 Å². The van der Waals surface area contributed by atoms with Crippen LogP contribution < -0.4 is 0 Å². The van der Waals surface area contributed by atoms with Crippen molar-refractivity contribution >= 4 is 30.3 Å². The van der Waals surface area contributed by atoms with E-state index < -0.39 is 0 Å². The highest BCUT2D eigenvalue weighted by atomic mass is 32.2. The second kappa shape index (κ2) is 6.11. The van der Waals surface area contributed by atoms with Crippen molar-refractivity contribution in [3.05, 3.63) is 0 Å². The maximum atomic E-state index is 12.4. The van der Waals surface area contributed by atoms with Gasteiger partial charge >= 0.3 is 6.03 Å². The zero-order chi connectivity index (χ0) is 13.2. The van der Waals surface area contributed by atoms with Gasteiger partial charge in [-0.2, -0.15) is 0 Å². The minimum Gasteiger partial charge on any atom is -0.252 e. The van der Waals surface area contributed by atoms with Crippen LogP contribution in [0.25, 0.3) is 0 Å². The van der Waals surface area contributed by atoms with E-state index in [1.54, 1.807) is 24.3 Å². The average Bonchev–Trinajstić information content (AvgIpc) is 3.10. The Bertz CT molecular complexity index is 332. The summed E-state index contributed by atoms with van der Waals surface area (Å²) in [5, 5.41) is 0. The summed E-state index contributed by atoms with van der Waals surface area (Å²) in [5.41, 5.74) is 0. The smallest absolute Gasteiger partial charge is 0.252 e. The summed E-state index contributed by atoms with van der Waals surface area (Å²) in [7, 11) is 0. The summed E-state index contributed by atoms with van der Waals surface area (Å²) in [6, 6.07) is 0.467. The van der Waals surface area contributed by atoms with Gasteiger partial charge in [-0.05, 0) is 32.6 Å². The molecule has 0 radical (unpaired) electrons. The second-order valence-electron chi connectivity index (χ2n) is 5.45. The molecule has 5 nitrogen and oxygen atoms in total. The van der Waals surface area contributed by atoms with E-state index >= 15 is 0 Å². The van der Waals surface area contributed by atoms with Gasteiger partial charge in [0.15, 0.2) is 0 Å². The lowest BCUT2D eigenvalue weighted by Gasteiger charge is -2.24. The molecule has 0 aromatic heterocycles. The quantitative estimate of drug-likeness (QED) is 0.744. The summed E-state index contributed by atoms with van der Waals surface area (Å²) in [5.74, 6) is 0. The summed E-state index contributed by atoms with van der Waals surface area (Å²) in [6.07, 6.45) is 5.04. The monoisotopic (exact) mass is 302 g/mol. The lowest BCUT2D eigenvalue weighted by molar-refractivity contribution is 0.224. The van der Waals surface area contributed by atoms with Crippen LogP contribution in [0.3, 0.4) is 0 Å². The van der Waals surface area contributed by atoms with Gasteiger partial charge in [-0.15, -0.1) is 0 Å². The van der Waals surface area contributed by atoms with Gasteiger partial charge in [0.2, 0.25) is 0 Å². The van der Waals surface area contributed by atoms with E-state index in [0.717, 1.165) is 32.7 Å². The van der Waals surface area contributed by atoms with Crippen LogP contribution in [0.5, 0.6) is 0 Å². The van der Waals surface area contributed by atoms with E-state index in [2.05, 4.69) is 15.5 Å². The summed E-state index contributed by atoms with van der Waals surface area (Å²) < 4.78 is 8.51. The minimum absolute atomic E-state index is 0.168. The molecule has 0 aromatic rings. The van der Waals surface area contributed by atoms with Gasteiger partial charge in [0.05, 0.1) is 12.6 Å². The van der Waals surface area contributed by atoms with Gasteiger partial charge in [-0.1, -0.05) is 0 Å². The molecule has 7 heteroatoms. The third-order valence-electron chi connectivity index (χ3n) is 3.78. The van der Waals surface area contributed by atoms with Crippen molar-refractivity contribution in [2.45, 2.75) is 38.6 Å². The third kappa shape index (κ3) is 3.15. The summed E-state index contributed by atoms with van der Waals surface area (Å²) >= 11 is 3.27. The molecule has 0 bridgehead atoms. The maximum absolute atomic E-state index is 12.4. The Hall–Kier alpha value is -0.110. The van der Waals surface area contributed by atoms with Crippen LogP contribution >= 0.6 is 24.3 Å². The van der Waals surface area contributed by atoms with Crippen molar-refractivity contribution in [2.75, 3.05) is 32.7 Å². The fourth-order valence-corrected chi connectivity index (χ4v) is 4.94. The molecule has 0 saturated carbocycles. The van der Waals surface area contributed by atoms with E-state index in [-0.39, 0.29) is 6.03 Å². The highest BCUT2D eigenvalue weighted by Gasteiger charge is 2.38. The van der Waals surface area contributed by atoms with Crippen LogP contribution in [0, 0.1) is 0 Å². The Labute approximate surface area is 124 Å². The number of rotatable bonds is 4. The molecule has 1 unspecified atom stereocenters. The van der Waals surface area contributed by atoms with Crippen LogP contribution in [-0.4, -0.2) is 62.0 Å². The number of carbonyl (C=O) groups excluding carboxylic acids is 1. The molecule has 0 N–H and O–H groups in total. The molecule has 3 aliphatic rings. The van der Waals surface area contributed by atoms with Gasteiger partial charge in [0.1, 0.15) is 0 Å². The van der Waals surface area contributed by atoms with Crippen molar-refractivity contribution < 1.29 is 4.79 Å². The number of amides is 2. The molecule has 3 saturated heterocycles. The lowest BCUT2D eigenvalue weighted by Crippen LogP contribution is -2.31. The molecule has 3 rings (SSSR count). The molecule has 19 heavy (non-hydrogen) atoms. The van der Waals surface area contributed by atoms with Crippen LogP contribution in [0.1, 0.15) is 32.6 Å². The van der Waals surface area contributed by atoms with E-state index in [1.807, 2.05) is 8.61 Å². The van der Waals surface area contributed by atoms with E-state index in [0.29, 0.717) is 6.04 Å². The molecular formula is C12H22N4OS2. The van der Waals surface area contributed by atoms with E-state index in [4.69, 9.17) is 0 Å². The number of nitrogens with zero attached hydrogens (tertiary/aromatic N) is 4. The number of hydrogen-bond acceptors (Lipinski definition) is 5. The fourth-order valence-electron chi connectivity index (χ4n) is 2.68. The van der Waals surface area contributed by atoms with Crippen LogP contribution in [-0.2, 0) is 0 Å². The normalized spacial score (nSPS) is 29.9. The Morgan fingerprint density at radius 2 is 1.47 bits per heavy atom. The molecule has 3 aliphatic heterocycles. The number of hydrogen-bond donors (Lipinski definition) is 0. The van der Waals surface area contributed by atoms with Crippen molar-refractivity contribution in [1.29, 1.82) is 0 Å². The molecule has 1 atom stereocenters. The van der Waals surface area contributed by atoms with Crippen molar-refractivity contribution in [3.8, 4) is 0 Å². The van der Waals surface area contributed by atoms with Gasteiger partial charge in [0, 0.05) is 50.4 Å². The van der Waals surface area contributed by atoms with Gasteiger partial charge in [-0.25, -0.2) is 17.7 Å². The Balaban J connectivity index is 1.55. The highest BCUT2D eigenvalue weighted by molar-refractivity contribution is 7.96. The molecule has 3 heterocycles. The minimum atomic E-state index is 0.168. The molecule has 0 aromatic carbocycles. The predicted molar refractivity (Wildman–Crippen MR) is 80.2 cm³/mol. The van der Waals surface area contributed by atoms with Gasteiger partial charge in [0.25, 0.3) is 0 Å². The highest BCUT2D eigenvalue weighted by Crippen LogP contribution is 2.34. The Morgan fingerprint density at radius 1 is 0.947 bits per heavy atom. The van der Waals surface area contributed by atoms with E-state index in [1.165, 1.54) is 25.7 Å². The van der Waals surface area contributed by atoms with Crippen LogP contribution in [0.2, 0.25) is 0 Å². The van der Waals surface area contributed by atoms with Crippen molar-refractivity contribution in [2.24, 2.45) is 0 Å². The first-order chi connectivity index (χ1) is 9.24. The maximum Gasteiger partial charge on any atom is 0.342 e. The van der Waals surface area contributed by atoms with Crippen LogP contribution in [0.4, 0.5) is 4.79 Å². The molecule has 0 aliphatic carbocycles. The number of urea groups is 1. The zero-order valence-corrected chi connectivity index (χ0v) is 13.1.